The van der Waals surface area contributed by atoms with E-state index in [1.165, 1.54) is 12.0 Å². The van der Waals surface area contributed by atoms with Crippen molar-refractivity contribution in [3.63, 3.8) is 0 Å². The molecule has 1 heteroatoms. The van der Waals surface area contributed by atoms with Gasteiger partial charge < -0.3 is 0 Å². The Morgan fingerprint density at radius 3 is 2.41 bits per heavy atom. The van der Waals surface area contributed by atoms with Crippen LogP contribution in [-0.4, -0.2) is 5.78 Å². The lowest BCUT2D eigenvalue weighted by molar-refractivity contribution is -0.125. The monoisotopic (exact) mass is 230 g/mol. The maximum absolute atomic E-state index is 12.1. The Bertz CT molecular complexity index is 366. The molecule has 17 heavy (non-hydrogen) atoms. The van der Waals surface area contributed by atoms with Gasteiger partial charge in [0.2, 0.25) is 0 Å². The zero-order chi connectivity index (χ0) is 12.3. The van der Waals surface area contributed by atoms with Crippen LogP contribution in [0.1, 0.15) is 51.0 Å². The zero-order valence-electron chi connectivity index (χ0n) is 10.9. The predicted octanol–water partition coefficient (Wildman–Crippen LogP) is 4.19. The molecule has 0 aromatic heterocycles. The first-order valence-electron chi connectivity index (χ1n) is 6.78. The van der Waals surface area contributed by atoms with Crippen LogP contribution in [0.3, 0.4) is 0 Å². The van der Waals surface area contributed by atoms with E-state index in [1.54, 1.807) is 0 Å². The van der Waals surface area contributed by atoms with Gasteiger partial charge in [0.05, 0.1) is 0 Å². The topological polar surface area (TPSA) is 17.1 Å². The molecule has 0 N–H and O–H groups in total. The minimum atomic E-state index is 0.256. The van der Waals surface area contributed by atoms with Crippen molar-refractivity contribution in [1.29, 1.82) is 0 Å². The summed E-state index contributed by atoms with van der Waals surface area (Å²) >= 11 is 0. The molecule has 1 aromatic rings. The molecule has 0 aliphatic heterocycles. The predicted molar refractivity (Wildman–Crippen MR) is 71.0 cm³/mol. The van der Waals surface area contributed by atoms with Gasteiger partial charge >= 0.3 is 0 Å². The normalized spacial score (nSPS) is 22.8. The number of carbonyl (C=O) groups excluding carboxylic acids is 1. The van der Waals surface area contributed by atoms with Crippen LogP contribution >= 0.6 is 0 Å². The molecular formula is C16H22O. The number of hydrogen-bond acceptors (Lipinski definition) is 1. The van der Waals surface area contributed by atoms with E-state index in [2.05, 4.69) is 38.1 Å². The Balaban J connectivity index is 2.26. The van der Waals surface area contributed by atoms with Gasteiger partial charge in [-0.15, -0.1) is 0 Å². The lowest BCUT2D eigenvalue weighted by Crippen LogP contribution is -2.28. The number of rotatable bonds is 3. The minimum absolute atomic E-state index is 0.256. The number of carbonyl (C=O) groups is 1. The average molecular weight is 230 g/mol. The van der Waals surface area contributed by atoms with E-state index in [4.69, 9.17) is 0 Å². The third-order valence-electron chi connectivity index (χ3n) is 3.94. The van der Waals surface area contributed by atoms with Gasteiger partial charge in [-0.3, -0.25) is 4.79 Å². The second-order valence-electron chi connectivity index (χ2n) is 5.50. The van der Waals surface area contributed by atoms with Crippen LogP contribution in [0.25, 0.3) is 0 Å². The molecule has 0 saturated heterocycles. The lowest BCUT2D eigenvalue weighted by Gasteiger charge is -2.32. The summed E-state index contributed by atoms with van der Waals surface area (Å²) in [5.74, 6) is 1.68. The highest BCUT2D eigenvalue weighted by molar-refractivity contribution is 5.82. The highest BCUT2D eigenvalue weighted by Gasteiger charge is 2.32. The van der Waals surface area contributed by atoms with Gasteiger partial charge in [0.25, 0.3) is 0 Å². The van der Waals surface area contributed by atoms with Crippen molar-refractivity contribution >= 4 is 5.78 Å². The van der Waals surface area contributed by atoms with Crippen molar-refractivity contribution in [3.8, 4) is 0 Å². The van der Waals surface area contributed by atoms with Crippen molar-refractivity contribution in [2.45, 2.75) is 45.4 Å². The molecule has 0 bridgehead atoms. The molecule has 1 nitrogen and oxygen atoms in total. The summed E-state index contributed by atoms with van der Waals surface area (Å²) in [5, 5.41) is 0. The van der Waals surface area contributed by atoms with Gasteiger partial charge in [-0.2, -0.15) is 0 Å². The minimum Gasteiger partial charge on any atom is -0.299 e. The molecule has 1 fully saturated rings. The van der Waals surface area contributed by atoms with Crippen LogP contribution in [0.4, 0.5) is 0 Å². The summed E-state index contributed by atoms with van der Waals surface area (Å²) in [5.41, 5.74) is 1.34. The van der Waals surface area contributed by atoms with Crippen molar-refractivity contribution in [3.05, 3.63) is 35.9 Å². The molecule has 1 aromatic carbocycles. The third kappa shape index (κ3) is 2.77. The molecule has 2 rings (SSSR count). The van der Waals surface area contributed by atoms with E-state index < -0.39 is 0 Å². The van der Waals surface area contributed by atoms with Gasteiger partial charge in [0.15, 0.2) is 0 Å². The number of Topliss-reactive ketones (excluding diaryl/α,β-unsaturated/α-hetero) is 1. The Hall–Kier alpha value is -1.11. The van der Waals surface area contributed by atoms with Gasteiger partial charge in [-0.1, -0.05) is 50.6 Å². The molecule has 1 saturated carbocycles. The molecule has 92 valence electrons. The van der Waals surface area contributed by atoms with Crippen molar-refractivity contribution in [2.75, 3.05) is 0 Å². The summed E-state index contributed by atoms with van der Waals surface area (Å²) in [6.07, 6.45) is 4.18. The molecule has 0 heterocycles. The van der Waals surface area contributed by atoms with E-state index in [0.29, 0.717) is 17.6 Å². The van der Waals surface area contributed by atoms with Crippen LogP contribution in [0.2, 0.25) is 0 Å². The molecule has 0 amide bonds. The summed E-state index contributed by atoms with van der Waals surface area (Å²) in [6.45, 7) is 4.47. The van der Waals surface area contributed by atoms with Crippen LogP contribution in [0, 0.1) is 11.8 Å². The Labute approximate surface area is 104 Å². The van der Waals surface area contributed by atoms with Gasteiger partial charge in [-0.25, -0.2) is 0 Å². The molecule has 1 aliphatic carbocycles. The number of benzene rings is 1. The summed E-state index contributed by atoms with van der Waals surface area (Å²) in [4.78, 5) is 12.1. The zero-order valence-corrected chi connectivity index (χ0v) is 10.9. The highest BCUT2D eigenvalue weighted by Crippen LogP contribution is 2.38. The fraction of sp³-hybridized carbons (Fsp3) is 0.562. The number of ketones is 1. The maximum Gasteiger partial charge on any atom is 0.136 e. The summed E-state index contributed by atoms with van der Waals surface area (Å²) in [6, 6.07) is 10.6. The molecular weight excluding hydrogens is 208 g/mol. The lowest BCUT2D eigenvalue weighted by atomic mass is 9.71. The number of hydrogen-bond donors (Lipinski definition) is 0. The fourth-order valence-corrected chi connectivity index (χ4v) is 3.15. The fourth-order valence-electron chi connectivity index (χ4n) is 3.15. The molecule has 1 aliphatic rings. The van der Waals surface area contributed by atoms with Crippen LogP contribution in [0.15, 0.2) is 30.3 Å². The molecule has 1 unspecified atom stereocenters. The van der Waals surface area contributed by atoms with E-state index in [1.807, 2.05) is 6.07 Å². The Morgan fingerprint density at radius 2 is 1.82 bits per heavy atom. The van der Waals surface area contributed by atoms with E-state index in [9.17, 15) is 4.79 Å². The van der Waals surface area contributed by atoms with E-state index >= 15 is 0 Å². The maximum atomic E-state index is 12.1. The van der Waals surface area contributed by atoms with Crippen LogP contribution < -0.4 is 0 Å². The standard InChI is InChI=1S/C16H22O/c1-12(2)16(13-8-4-3-5-9-13)14-10-6-7-11-15(14)17/h3-5,8-9,12,14,16H,6-7,10-11H2,1-2H3/t14?,16-/m0/s1. The summed E-state index contributed by atoms with van der Waals surface area (Å²) < 4.78 is 0. The smallest absolute Gasteiger partial charge is 0.136 e. The average Bonchev–Trinajstić information content (AvgIpc) is 2.33. The second kappa shape index (κ2) is 5.48. The first-order chi connectivity index (χ1) is 8.20. The van der Waals surface area contributed by atoms with Gasteiger partial charge in [0, 0.05) is 12.3 Å². The van der Waals surface area contributed by atoms with Gasteiger partial charge in [0.1, 0.15) is 5.78 Å². The summed E-state index contributed by atoms with van der Waals surface area (Å²) in [7, 11) is 0. The first kappa shape index (κ1) is 12.3. The largest absolute Gasteiger partial charge is 0.299 e. The van der Waals surface area contributed by atoms with Crippen molar-refractivity contribution < 1.29 is 4.79 Å². The van der Waals surface area contributed by atoms with E-state index in [-0.39, 0.29) is 5.92 Å². The Morgan fingerprint density at radius 1 is 1.12 bits per heavy atom. The SMILES string of the molecule is CC(C)[C@@H](c1ccccc1)C1CCCCC1=O. The third-order valence-corrected chi connectivity index (χ3v) is 3.94. The highest BCUT2D eigenvalue weighted by atomic mass is 16.1. The van der Waals surface area contributed by atoms with E-state index in [0.717, 1.165) is 19.3 Å². The van der Waals surface area contributed by atoms with Crippen LogP contribution in [0.5, 0.6) is 0 Å². The van der Waals surface area contributed by atoms with Crippen molar-refractivity contribution in [2.24, 2.45) is 11.8 Å². The first-order valence-corrected chi connectivity index (χ1v) is 6.78. The quantitative estimate of drug-likeness (QED) is 0.761. The van der Waals surface area contributed by atoms with Gasteiger partial charge in [-0.05, 0) is 30.2 Å². The van der Waals surface area contributed by atoms with Crippen molar-refractivity contribution in [1.82, 2.24) is 0 Å². The molecule has 0 spiro atoms. The molecule has 2 atom stereocenters. The second-order valence-corrected chi connectivity index (χ2v) is 5.50. The Kier molecular flexibility index (Phi) is 3.98. The molecule has 0 radical (unpaired) electrons. The van der Waals surface area contributed by atoms with Crippen LogP contribution in [-0.2, 0) is 4.79 Å².